The van der Waals surface area contributed by atoms with Gasteiger partial charge < -0.3 is 10.5 Å². The summed E-state index contributed by atoms with van der Waals surface area (Å²) in [6.45, 7) is 3.22. The Hall–Kier alpha value is -1.39. The van der Waals surface area contributed by atoms with E-state index < -0.39 is 19.2 Å². The number of hydrogen-bond acceptors (Lipinski definition) is 2. The number of nitrogens with two attached hydrogens (primary N) is 1. The average molecular weight is 233 g/mol. The first-order valence-electron chi connectivity index (χ1n) is 4.86. The number of nitrogen functional groups attached to an aromatic ring is 1. The highest BCUT2D eigenvalue weighted by molar-refractivity contribution is 5.58. The largest absolute Gasteiger partial charge is 0.491 e. The van der Waals surface area contributed by atoms with Gasteiger partial charge in [0.15, 0.2) is 0 Å². The van der Waals surface area contributed by atoms with E-state index in [2.05, 4.69) is 0 Å². The third-order valence-electron chi connectivity index (χ3n) is 2.08. The van der Waals surface area contributed by atoms with Crippen molar-refractivity contribution < 1.29 is 17.9 Å². The lowest BCUT2D eigenvalue weighted by molar-refractivity contribution is -0.139. The van der Waals surface area contributed by atoms with E-state index in [1.165, 1.54) is 0 Å². The first kappa shape index (κ1) is 12.7. The van der Waals surface area contributed by atoms with Crippen molar-refractivity contribution in [2.75, 3.05) is 12.3 Å². The number of ether oxygens (including phenoxy) is 1. The molecule has 0 unspecified atom stereocenters. The number of anilines is 1. The van der Waals surface area contributed by atoms with Crippen molar-refractivity contribution in [1.29, 1.82) is 0 Å². The van der Waals surface area contributed by atoms with Gasteiger partial charge in [0.1, 0.15) is 5.75 Å². The van der Waals surface area contributed by atoms with Gasteiger partial charge in [0, 0.05) is 0 Å². The van der Waals surface area contributed by atoms with Crippen LogP contribution in [-0.4, -0.2) is 12.8 Å². The lowest BCUT2D eigenvalue weighted by atomic mass is 10.1. The molecule has 0 bridgehead atoms. The molecule has 0 atom stereocenters. The Labute approximate surface area is 92.2 Å². The molecule has 0 fully saturated rings. The highest BCUT2D eigenvalue weighted by Crippen LogP contribution is 2.28. The van der Waals surface area contributed by atoms with Crippen LogP contribution in [0.15, 0.2) is 12.1 Å². The van der Waals surface area contributed by atoms with E-state index >= 15 is 0 Å². The van der Waals surface area contributed by atoms with Crippen LogP contribution < -0.4 is 10.5 Å². The van der Waals surface area contributed by atoms with Crippen LogP contribution in [0.25, 0.3) is 0 Å². The SMILES string of the molecule is Cc1cc(C)c(OCCC(F)(F)F)c(N)c1. The summed E-state index contributed by atoms with van der Waals surface area (Å²) in [7, 11) is 0. The maximum absolute atomic E-state index is 11.9. The molecule has 0 aliphatic heterocycles. The minimum atomic E-state index is -4.20. The average Bonchev–Trinajstić information content (AvgIpc) is 2.07. The molecule has 0 saturated carbocycles. The van der Waals surface area contributed by atoms with Crippen LogP contribution in [0.1, 0.15) is 17.5 Å². The zero-order chi connectivity index (χ0) is 12.3. The van der Waals surface area contributed by atoms with Gasteiger partial charge in [-0.15, -0.1) is 0 Å². The first-order chi connectivity index (χ1) is 7.29. The molecule has 0 spiro atoms. The standard InChI is InChI=1S/C11H14F3NO/c1-7-5-8(2)10(9(15)6-7)16-4-3-11(12,13)14/h5-6H,3-4,15H2,1-2H3. The Balaban J connectivity index is 2.68. The van der Waals surface area contributed by atoms with Crippen LogP contribution in [0.4, 0.5) is 18.9 Å². The van der Waals surface area contributed by atoms with Crippen molar-refractivity contribution in [1.82, 2.24) is 0 Å². The number of benzene rings is 1. The Kier molecular flexibility index (Phi) is 3.67. The van der Waals surface area contributed by atoms with Gasteiger partial charge in [-0.25, -0.2) is 0 Å². The maximum Gasteiger partial charge on any atom is 0.392 e. The second-order valence-corrected chi connectivity index (χ2v) is 3.71. The van der Waals surface area contributed by atoms with Crippen LogP contribution >= 0.6 is 0 Å². The molecule has 2 N–H and O–H groups in total. The molecular formula is C11H14F3NO. The summed E-state index contributed by atoms with van der Waals surface area (Å²) in [5, 5.41) is 0. The number of aryl methyl sites for hydroxylation is 2. The van der Waals surface area contributed by atoms with Gasteiger partial charge in [0.2, 0.25) is 0 Å². The number of alkyl halides is 3. The molecule has 0 heterocycles. The zero-order valence-electron chi connectivity index (χ0n) is 9.19. The molecule has 90 valence electrons. The van der Waals surface area contributed by atoms with Crippen LogP contribution in [0.5, 0.6) is 5.75 Å². The molecular weight excluding hydrogens is 219 g/mol. The minimum Gasteiger partial charge on any atom is -0.491 e. The summed E-state index contributed by atoms with van der Waals surface area (Å²) in [5.41, 5.74) is 7.75. The molecule has 2 nitrogen and oxygen atoms in total. The summed E-state index contributed by atoms with van der Waals surface area (Å²) >= 11 is 0. The van der Waals surface area contributed by atoms with Crippen molar-refractivity contribution in [3.63, 3.8) is 0 Å². The van der Waals surface area contributed by atoms with Gasteiger partial charge in [-0.05, 0) is 31.0 Å². The van der Waals surface area contributed by atoms with E-state index in [0.29, 0.717) is 11.4 Å². The monoisotopic (exact) mass is 233 g/mol. The molecule has 0 saturated heterocycles. The smallest absolute Gasteiger partial charge is 0.392 e. The van der Waals surface area contributed by atoms with Gasteiger partial charge in [-0.3, -0.25) is 0 Å². The Morgan fingerprint density at radius 2 is 1.88 bits per heavy atom. The third kappa shape index (κ3) is 3.64. The predicted octanol–water partition coefficient (Wildman–Crippen LogP) is 3.22. The van der Waals surface area contributed by atoms with Crippen molar-refractivity contribution in [2.24, 2.45) is 0 Å². The molecule has 16 heavy (non-hydrogen) atoms. The Morgan fingerprint density at radius 1 is 1.25 bits per heavy atom. The Morgan fingerprint density at radius 3 is 2.38 bits per heavy atom. The summed E-state index contributed by atoms with van der Waals surface area (Å²) in [4.78, 5) is 0. The quantitative estimate of drug-likeness (QED) is 0.813. The van der Waals surface area contributed by atoms with Gasteiger partial charge in [-0.1, -0.05) is 6.07 Å². The molecule has 1 aromatic rings. The summed E-state index contributed by atoms with van der Waals surface area (Å²) in [5.74, 6) is 0.342. The fourth-order valence-corrected chi connectivity index (χ4v) is 1.45. The molecule has 1 rings (SSSR count). The van der Waals surface area contributed by atoms with Crippen molar-refractivity contribution in [2.45, 2.75) is 26.4 Å². The number of halogens is 3. The van der Waals surface area contributed by atoms with E-state index in [4.69, 9.17) is 10.5 Å². The Bertz CT molecular complexity index is 351. The summed E-state index contributed by atoms with van der Waals surface area (Å²) in [6.07, 6.45) is -5.17. The lowest BCUT2D eigenvalue weighted by Crippen LogP contribution is -2.14. The summed E-state index contributed by atoms with van der Waals surface area (Å²) < 4.78 is 40.8. The highest BCUT2D eigenvalue weighted by Gasteiger charge is 2.27. The normalized spacial score (nSPS) is 11.6. The topological polar surface area (TPSA) is 35.2 Å². The predicted molar refractivity (Wildman–Crippen MR) is 56.5 cm³/mol. The minimum absolute atomic E-state index is 0.342. The van der Waals surface area contributed by atoms with E-state index in [1.807, 2.05) is 13.0 Å². The second-order valence-electron chi connectivity index (χ2n) is 3.71. The highest BCUT2D eigenvalue weighted by atomic mass is 19.4. The van der Waals surface area contributed by atoms with Crippen LogP contribution in [0.3, 0.4) is 0 Å². The first-order valence-corrected chi connectivity index (χ1v) is 4.86. The second kappa shape index (κ2) is 4.63. The molecule has 1 aromatic carbocycles. The lowest BCUT2D eigenvalue weighted by Gasteiger charge is -2.13. The molecule has 0 aliphatic rings. The van der Waals surface area contributed by atoms with Gasteiger partial charge in [-0.2, -0.15) is 13.2 Å². The van der Waals surface area contributed by atoms with Gasteiger partial charge in [0.05, 0.1) is 18.7 Å². The molecule has 0 aliphatic carbocycles. The van der Waals surface area contributed by atoms with Crippen LogP contribution in [-0.2, 0) is 0 Å². The molecule has 0 radical (unpaired) electrons. The molecule has 5 heteroatoms. The van der Waals surface area contributed by atoms with E-state index in [-0.39, 0.29) is 0 Å². The van der Waals surface area contributed by atoms with Crippen molar-refractivity contribution in [3.8, 4) is 5.75 Å². The summed E-state index contributed by atoms with van der Waals surface area (Å²) in [6, 6.07) is 3.50. The van der Waals surface area contributed by atoms with E-state index in [1.54, 1.807) is 13.0 Å². The van der Waals surface area contributed by atoms with Crippen LogP contribution in [0.2, 0.25) is 0 Å². The fourth-order valence-electron chi connectivity index (χ4n) is 1.45. The van der Waals surface area contributed by atoms with Crippen LogP contribution in [0, 0.1) is 13.8 Å². The van der Waals surface area contributed by atoms with Crippen molar-refractivity contribution >= 4 is 5.69 Å². The van der Waals surface area contributed by atoms with E-state index in [9.17, 15) is 13.2 Å². The fraction of sp³-hybridized carbons (Fsp3) is 0.455. The van der Waals surface area contributed by atoms with Gasteiger partial charge in [0.25, 0.3) is 0 Å². The maximum atomic E-state index is 11.9. The van der Waals surface area contributed by atoms with Crippen molar-refractivity contribution in [3.05, 3.63) is 23.3 Å². The molecule has 0 amide bonds. The van der Waals surface area contributed by atoms with E-state index in [0.717, 1.165) is 11.1 Å². The number of hydrogen-bond donors (Lipinski definition) is 1. The van der Waals surface area contributed by atoms with Gasteiger partial charge >= 0.3 is 6.18 Å². The molecule has 0 aromatic heterocycles. The zero-order valence-corrected chi connectivity index (χ0v) is 9.19. The number of rotatable bonds is 3. The third-order valence-corrected chi connectivity index (χ3v) is 2.08.